The lowest BCUT2D eigenvalue weighted by Gasteiger charge is -2.19. The number of hydrogen-bond acceptors (Lipinski definition) is 4. The van der Waals surface area contributed by atoms with E-state index in [0.29, 0.717) is 30.0 Å². The molecule has 1 saturated heterocycles. The fourth-order valence-corrected chi connectivity index (χ4v) is 3.84. The molecule has 0 spiro atoms. The van der Waals surface area contributed by atoms with E-state index in [1.807, 2.05) is 49.4 Å². The zero-order valence-electron chi connectivity index (χ0n) is 18.2. The Kier molecular flexibility index (Phi) is 7.02. The zero-order chi connectivity index (χ0) is 22.3. The second-order valence-corrected chi connectivity index (χ2v) is 7.90. The molecule has 2 N–H and O–H groups in total. The molecule has 0 saturated carbocycles. The molecule has 1 fully saturated rings. The maximum atomic E-state index is 13.0. The smallest absolute Gasteiger partial charge is 0.265 e. The predicted molar refractivity (Wildman–Crippen MR) is 125 cm³/mol. The van der Waals surface area contributed by atoms with Crippen molar-refractivity contribution in [3.63, 3.8) is 0 Å². The van der Waals surface area contributed by atoms with E-state index in [-0.39, 0.29) is 17.9 Å². The van der Waals surface area contributed by atoms with Crippen LogP contribution in [0.2, 0.25) is 0 Å². The summed E-state index contributed by atoms with van der Waals surface area (Å²) in [6, 6.07) is 20.8. The minimum Gasteiger partial charge on any atom is -0.481 e. The van der Waals surface area contributed by atoms with Gasteiger partial charge in [-0.25, -0.2) is 0 Å². The van der Waals surface area contributed by atoms with Crippen molar-refractivity contribution in [1.29, 1.82) is 0 Å². The molecular formula is C26H28N2O4. The van der Waals surface area contributed by atoms with Gasteiger partial charge < -0.3 is 20.1 Å². The van der Waals surface area contributed by atoms with E-state index in [2.05, 4.69) is 10.6 Å². The molecule has 0 radical (unpaired) electrons. The van der Waals surface area contributed by atoms with Crippen LogP contribution in [0.15, 0.2) is 66.7 Å². The SMILES string of the molecule is CC[C@@H](Oc1ccc2ccccc2c1)C(=O)Nc1ccccc1C(=O)NC[C@@H]1CCCO1. The third kappa shape index (κ3) is 5.26. The average Bonchev–Trinajstić information content (AvgIpc) is 3.35. The van der Waals surface area contributed by atoms with Crippen molar-refractivity contribution >= 4 is 28.3 Å². The van der Waals surface area contributed by atoms with Gasteiger partial charge in [0, 0.05) is 13.2 Å². The summed E-state index contributed by atoms with van der Waals surface area (Å²) >= 11 is 0. The summed E-state index contributed by atoms with van der Waals surface area (Å²) in [6.07, 6.45) is 1.83. The Morgan fingerprint density at radius 1 is 1.06 bits per heavy atom. The molecule has 3 aromatic carbocycles. The van der Waals surface area contributed by atoms with E-state index in [1.165, 1.54) is 0 Å². The van der Waals surface area contributed by atoms with Gasteiger partial charge in [0.05, 0.1) is 17.4 Å². The van der Waals surface area contributed by atoms with E-state index in [4.69, 9.17) is 9.47 Å². The highest BCUT2D eigenvalue weighted by atomic mass is 16.5. The standard InChI is InChI=1S/C26H28N2O4/c1-2-24(32-20-14-13-18-8-3-4-9-19(18)16-20)26(30)28-23-12-6-5-11-22(23)25(29)27-17-21-10-7-15-31-21/h3-6,8-9,11-14,16,21,24H,2,7,10,15,17H2,1H3,(H,27,29)(H,28,30)/t21-,24+/m0/s1. The lowest BCUT2D eigenvalue weighted by Crippen LogP contribution is -2.35. The highest BCUT2D eigenvalue weighted by Gasteiger charge is 2.22. The van der Waals surface area contributed by atoms with Crippen LogP contribution in [0.4, 0.5) is 5.69 Å². The van der Waals surface area contributed by atoms with Crippen LogP contribution in [0.25, 0.3) is 10.8 Å². The molecule has 0 aliphatic carbocycles. The molecule has 32 heavy (non-hydrogen) atoms. The number of anilines is 1. The van der Waals surface area contributed by atoms with Gasteiger partial charge in [0.2, 0.25) is 0 Å². The maximum absolute atomic E-state index is 13.0. The van der Waals surface area contributed by atoms with Gasteiger partial charge in [-0.05, 0) is 54.3 Å². The molecule has 1 heterocycles. The normalized spacial score (nSPS) is 16.5. The van der Waals surface area contributed by atoms with E-state index in [0.717, 1.165) is 30.2 Å². The van der Waals surface area contributed by atoms with Crippen LogP contribution in [0.5, 0.6) is 5.75 Å². The van der Waals surface area contributed by atoms with Crippen LogP contribution in [-0.4, -0.2) is 37.2 Å². The van der Waals surface area contributed by atoms with Crippen LogP contribution in [0.1, 0.15) is 36.5 Å². The fraction of sp³-hybridized carbons (Fsp3) is 0.308. The van der Waals surface area contributed by atoms with Gasteiger partial charge in [-0.1, -0.05) is 49.4 Å². The molecular weight excluding hydrogens is 404 g/mol. The summed E-state index contributed by atoms with van der Waals surface area (Å²) in [4.78, 5) is 25.7. The number of rotatable bonds is 8. The molecule has 6 heteroatoms. The summed E-state index contributed by atoms with van der Waals surface area (Å²) in [7, 11) is 0. The molecule has 0 bridgehead atoms. The van der Waals surface area contributed by atoms with Crippen LogP contribution >= 0.6 is 0 Å². The van der Waals surface area contributed by atoms with Crippen LogP contribution in [-0.2, 0) is 9.53 Å². The molecule has 3 aromatic rings. The first-order chi connectivity index (χ1) is 15.6. The van der Waals surface area contributed by atoms with Gasteiger partial charge in [0.1, 0.15) is 5.75 Å². The Bertz CT molecular complexity index is 1090. The highest BCUT2D eigenvalue weighted by Crippen LogP contribution is 2.23. The van der Waals surface area contributed by atoms with Crippen LogP contribution < -0.4 is 15.4 Å². The predicted octanol–water partition coefficient (Wildman–Crippen LogP) is 4.54. The molecule has 2 amide bonds. The Labute approximate surface area is 187 Å². The zero-order valence-corrected chi connectivity index (χ0v) is 18.2. The van der Waals surface area contributed by atoms with Gasteiger partial charge in [-0.15, -0.1) is 0 Å². The minimum atomic E-state index is -0.681. The first-order valence-electron chi connectivity index (χ1n) is 11.1. The highest BCUT2D eigenvalue weighted by molar-refractivity contribution is 6.04. The Balaban J connectivity index is 1.42. The molecule has 2 atom stereocenters. The van der Waals surface area contributed by atoms with Crippen LogP contribution in [0.3, 0.4) is 0 Å². The van der Waals surface area contributed by atoms with Gasteiger partial charge in [0.15, 0.2) is 6.10 Å². The largest absolute Gasteiger partial charge is 0.481 e. The first kappa shape index (κ1) is 21.8. The van der Waals surface area contributed by atoms with Crippen molar-refractivity contribution in [2.24, 2.45) is 0 Å². The lowest BCUT2D eigenvalue weighted by molar-refractivity contribution is -0.122. The van der Waals surface area contributed by atoms with Gasteiger partial charge in [-0.3, -0.25) is 9.59 Å². The molecule has 1 aliphatic rings. The number of carbonyl (C=O) groups excluding carboxylic acids is 2. The summed E-state index contributed by atoms with van der Waals surface area (Å²) in [5, 5.41) is 7.94. The molecule has 4 rings (SSSR count). The van der Waals surface area contributed by atoms with Crippen molar-refractivity contribution < 1.29 is 19.1 Å². The van der Waals surface area contributed by atoms with E-state index in [1.54, 1.807) is 24.3 Å². The molecule has 1 aliphatic heterocycles. The molecule has 6 nitrogen and oxygen atoms in total. The van der Waals surface area contributed by atoms with E-state index < -0.39 is 6.10 Å². The number of para-hydroxylation sites is 1. The number of ether oxygens (including phenoxy) is 2. The summed E-state index contributed by atoms with van der Waals surface area (Å²) < 4.78 is 11.6. The van der Waals surface area contributed by atoms with Gasteiger partial charge in [0.25, 0.3) is 11.8 Å². The molecule has 0 aromatic heterocycles. The number of benzene rings is 3. The first-order valence-corrected chi connectivity index (χ1v) is 11.1. The minimum absolute atomic E-state index is 0.0560. The van der Waals surface area contributed by atoms with Crippen molar-refractivity contribution in [3.8, 4) is 5.75 Å². The molecule has 0 unspecified atom stereocenters. The van der Waals surface area contributed by atoms with Crippen molar-refractivity contribution in [2.75, 3.05) is 18.5 Å². The maximum Gasteiger partial charge on any atom is 0.265 e. The number of nitrogens with one attached hydrogen (secondary N) is 2. The summed E-state index contributed by atoms with van der Waals surface area (Å²) in [5.41, 5.74) is 0.877. The second kappa shape index (κ2) is 10.3. The number of amides is 2. The van der Waals surface area contributed by atoms with Gasteiger partial charge >= 0.3 is 0 Å². The number of hydrogen-bond donors (Lipinski definition) is 2. The molecule has 166 valence electrons. The van der Waals surface area contributed by atoms with E-state index >= 15 is 0 Å². The average molecular weight is 433 g/mol. The quantitative estimate of drug-likeness (QED) is 0.548. The summed E-state index contributed by atoms with van der Waals surface area (Å²) in [5.74, 6) is 0.105. The Morgan fingerprint density at radius 2 is 1.84 bits per heavy atom. The lowest BCUT2D eigenvalue weighted by atomic mass is 10.1. The topological polar surface area (TPSA) is 76.7 Å². The number of carbonyl (C=O) groups is 2. The fourth-order valence-electron chi connectivity index (χ4n) is 3.84. The van der Waals surface area contributed by atoms with Gasteiger partial charge in [-0.2, -0.15) is 0 Å². The monoisotopic (exact) mass is 432 g/mol. The van der Waals surface area contributed by atoms with E-state index in [9.17, 15) is 9.59 Å². The summed E-state index contributed by atoms with van der Waals surface area (Å²) in [6.45, 7) is 3.10. The third-order valence-corrected chi connectivity index (χ3v) is 5.61. The van der Waals surface area contributed by atoms with Crippen molar-refractivity contribution in [1.82, 2.24) is 5.32 Å². The second-order valence-electron chi connectivity index (χ2n) is 7.90. The number of fused-ring (bicyclic) bond motifs is 1. The Morgan fingerprint density at radius 3 is 2.62 bits per heavy atom. The van der Waals surface area contributed by atoms with Crippen LogP contribution in [0, 0.1) is 0 Å². The van der Waals surface area contributed by atoms with Crippen molar-refractivity contribution in [3.05, 3.63) is 72.3 Å². The third-order valence-electron chi connectivity index (χ3n) is 5.61. The Hall–Kier alpha value is -3.38. The van der Waals surface area contributed by atoms with Crippen molar-refractivity contribution in [2.45, 2.75) is 38.4 Å².